The van der Waals surface area contributed by atoms with Crippen LogP contribution in [0.15, 0.2) is 134 Å². The predicted octanol–water partition coefficient (Wildman–Crippen LogP) is 22.9. The summed E-state index contributed by atoms with van der Waals surface area (Å²) < 4.78 is 68.4. The fourth-order valence-corrected chi connectivity index (χ4v) is 11.7. The van der Waals surface area contributed by atoms with Crippen LogP contribution in [0.4, 0.5) is 0 Å². The molecular formula is C83H140O17P2. The number of phosphoric ester groups is 2. The van der Waals surface area contributed by atoms with Crippen LogP contribution in [-0.4, -0.2) is 96.7 Å². The first-order valence-corrected chi connectivity index (χ1v) is 42.4. The van der Waals surface area contributed by atoms with Gasteiger partial charge in [-0.15, -0.1) is 0 Å². The molecule has 5 atom stereocenters. The summed E-state index contributed by atoms with van der Waals surface area (Å²) in [6.07, 6.45) is 83.1. The first-order chi connectivity index (χ1) is 49.7. The maximum atomic E-state index is 13.1. The van der Waals surface area contributed by atoms with Gasteiger partial charge in [0.15, 0.2) is 12.2 Å². The van der Waals surface area contributed by atoms with Crippen LogP contribution in [0.3, 0.4) is 0 Å². The molecule has 0 aliphatic rings. The number of unbranched alkanes of at least 4 members (excludes halogenated alkanes) is 25. The Bertz CT molecular complexity index is 2460. The molecule has 584 valence electrons. The summed E-state index contributed by atoms with van der Waals surface area (Å²) in [5, 5.41) is 10.6. The van der Waals surface area contributed by atoms with Gasteiger partial charge in [0.2, 0.25) is 0 Å². The number of allylic oxidation sites excluding steroid dienone is 22. The van der Waals surface area contributed by atoms with Crippen LogP contribution in [0.1, 0.15) is 310 Å². The van der Waals surface area contributed by atoms with Gasteiger partial charge in [-0.3, -0.25) is 37.3 Å². The van der Waals surface area contributed by atoms with Crippen LogP contribution in [0.25, 0.3) is 0 Å². The minimum Gasteiger partial charge on any atom is -0.462 e. The van der Waals surface area contributed by atoms with E-state index >= 15 is 0 Å². The van der Waals surface area contributed by atoms with Crippen LogP contribution < -0.4 is 0 Å². The van der Waals surface area contributed by atoms with Gasteiger partial charge in [0.1, 0.15) is 19.3 Å². The number of carbonyl (C=O) groups is 4. The Kier molecular flexibility index (Phi) is 71.0. The molecule has 102 heavy (non-hydrogen) atoms. The fourth-order valence-electron chi connectivity index (χ4n) is 10.2. The molecular weight excluding hydrogens is 1330 g/mol. The minimum atomic E-state index is -4.99. The molecule has 0 aromatic rings. The van der Waals surface area contributed by atoms with Crippen molar-refractivity contribution in [3.8, 4) is 0 Å². The summed E-state index contributed by atoms with van der Waals surface area (Å²) in [6, 6.07) is 0. The van der Waals surface area contributed by atoms with E-state index in [1.165, 1.54) is 89.9 Å². The van der Waals surface area contributed by atoms with E-state index in [1.807, 2.05) is 24.3 Å². The third-order valence-electron chi connectivity index (χ3n) is 16.1. The van der Waals surface area contributed by atoms with Gasteiger partial charge < -0.3 is 33.8 Å². The van der Waals surface area contributed by atoms with E-state index in [-0.39, 0.29) is 25.7 Å². The Balaban J connectivity index is 5.44. The van der Waals surface area contributed by atoms with Crippen molar-refractivity contribution in [3.05, 3.63) is 134 Å². The lowest BCUT2D eigenvalue weighted by molar-refractivity contribution is -0.161. The number of aliphatic hydroxyl groups excluding tert-OH is 1. The number of ether oxygens (including phenoxy) is 4. The third kappa shape index (κ3) is 73.5. The van der Waals surface area contributed by atoms with E-state index in [9.17, 15) is 43.2 Å². The molecule has 0 bridgehead atoms. The van der Waals surface area contributed by atoms with E-state index in [0.29, 0.717) is 38.5 Å². The highest BCUT2D eigenvalue weighted by Gasteiger charge is 2.30. The van der Waals surface area contributed by atoms with Crippen LogP contribution in [0.2, 0.25) is 0 Å². The first-order valence-electron chi connectivity index (χ1n) is 39.4. The minimum absolute atomic E-state index is 0.0690. The summed E-state index contributed by atoms with van der Waals surface area (Å²) in [7, 11) is -9.99. The zero-order valence-corrected chi connectivity index (χ0v) is 65.5. The fraction of sp³-hybridized carbons (Fsp3) is 0.687. The van der Waals surface area contributed by atoms with E-state index < -0.39 is 97.5 Å². The van der Waals surface area contributed by atoms with Gasteiger partial charge in [-0.2, -0.15) is 0 Å². The van der Waals surface area contributed by atoms with Gasteiger partial charge in [-0.1, -0.05) is 290 Å². The zero-order chi connectivity index (χ0) is 74.6. The monoisotopic (exact) mass is 1470 g/mol. The first kappa shape index (κ1) is 97.2. The second-order valence-electron chi connectivity index (χ2n) is 25.9. The molecule has 0 fully saturated rings. The molecule has 17 nitrogen and oxygen atoms in total. The van der Waals surface area contributed by atoms with Gasteiger partial charge in [0.25, 0.3) is 0 Å². The molecule has 19 heteroatoms. The van der Waals surface area contributed by atoms with Crippen molar-refractivity contribution in [1.82, 2.24) is 0 Å². The number of aliphatic hydroxyl groups is 1. The van der Waals surface area contributed by atoms with Crippen LogP contribution in [0, 0.1) is 0 Å². The average Bonchev–Trinajstić information content (AvgIpc) is 0.908. The van der Waals surface area contributed by atoms with E-state index in [2.05, 4.69) is 137 Å². The topological polar surface area (TPSA) is 237 Å². The molecule has 5 unspecified atom stereocenters. The van der Waals surface area contributed by atoms with Gasteiger partial charge in [-0.05, 0) is 128 Å². The summed E-state index contributed by atoms with van der Waals surface area (Å²) in [4.78, 5) is 72.9. The Hall–Kier alpha value is -4.80. The van der Waals surface area contributed by atoms with Crippen molar-refractivity contribution in [3.63, 3.8) is 0 Å². The molecule has 0 aromatic heterocycles. The van der Waals surface area contributed by atoms with Crippen molar-refractivity contribution in [2.75, 3.05) is 39.6 Å². The molecule has 0 amide bonds. The van der Waals surface area contributed by atoms with Crippen molar-refractivity contribution in [1.29, 1.82) is 0 Å². The summed E-state index contributed by atoms with van der Waals surface area (Å²) in [6.45, 7) is 4.51. The predicted molar refractivity (Wildman–Crippen MR) is 418 cm³/mol. The highest BCUT2D eigenvalue weighted by molar-refractivity contribution is 7.47. The highest BCUT2D eigenvalue weighted by Crippen LogP contribution is 2.45. The molecule has 0 aliphatic heterocycles. The smallest absolute Gasteiger partial charge is 0.462 e. The molecule has 0 heterocycles. The molecule has 3 N–H and O–H groups in total. The number of rotatable bonds is 73. The van der Waals surface area contributed by atoms with E-state index in [4.69, 9.17) is 37.0 Å². The van der Waals surface area contributed by atoms with Gasteiger partial charge >= 0.3 is 39.5 Å². The Morgan fingerprint density at radius 3 is 0.833 bits per heavy atom. The van der Waals surface area contributed by atoms with Crippen molar-refractivity contribution < 1.29 is 80.2 Å². The lowest BCUT2D eigenvalue weighted by Gasteiger charge is -2.21. The maximum absolute atomic E-state index is 13.1. The number of hydrogen-bond donors (Lipinski definition) is 3. The third-order valence-corrected chi connectivity index (χ3v) is 18.0. The molecule has 0 aromatic carbocycles. The molecule has 0 saturated heterocycles. The average molecular weight is 1470 g/mol. The summed E-state index contributed by atoms with van der Waals surface area (Å²) in [5.41, 5.74) is 0. The van der Waals surface area contributed by atoms with Gasteiger partial charge in [0.05, 0.1) is 26.4 Å². The van der Waals surface area contributed by atoms with Crippen LogP contribution >= 0.6 is 15.6 Å². The molecule has 0 rings (SSSR count). The number of hydrogen-bond acceptors (Lipinski definition) is 15. The molecule has 0 saturated carbocycles. The van der Waals surface area contributed by atoms with Crippen molar-refractivity contribution in [2.24, 2.45) is 0 Å². The second-order valence-corrected chi connectivity index (χ2v) is 28.8. The quantitative estimate of drug-likeness (QED) is 0.0169. The molecule has 0 aliphatic carbocycles. The van der Waals surface area contributed by atoms with Crippen molar-refractivity contribution in [2.45, 2.75) is 329 Å². The normalized spacial score (nSPS) is 14.6. The van der Waals surface area contributed by atoms with Crippen LogP contribution in [0.5, 0.6) is 0 Å². The lowest BCUT2D eigenvalue weighted by Crippen LogP contribution is -2.30. The largest absolute Gasteiger partial charge is 0.472 e. The Labute approximate surface area is 618 Å². The van der Waals surface area contributed by atoms with E-state index in [0.717, 1.165) is 128 Å². The second kappa shape index (κ2) is 74.5. The van der Waals surface area contributed by atoms with E-state index in [1.54, 1.807) is 0 Å². The lowest BCUT2D eigenvalue weighted by atomic mass is 10.0. The van der Waals surface area contributed by atoms with Gasteiger partial charge in [-0.25, -0.2) is 9.13 Å². The Morgan fingerprint density at radius 1 is 0.284 bits per heavy atom. The van der Waals surface area contributed by atoms with Crippen molar-refractivity contribution >= 4 is 39.5 Å². The number of esters is 4. The maximum Gasteiger partial charge on any atom is 0.472 e. The SMILES string of the molecule is CC/C=C\C/C=C\C/C=C\C/C=C\C/C=C\CCCC(=O)OCC(COP(=O)(O)OCC(O)COP(=O)(O)OCC(COC(=O)CCC/C=C\C/C=C\C/C=C\C/C=C\C/C=C\CC)OC(=O)CCCCCCCCCCCCCCCCC)OC(=O)CCCCCCC/C=C\CCCCCC. The molecule has 0 radical (unpaired) electrons. The molecule has 0 spiro atoms. The number of carbonyl (C=O) groups excluding carboxylic acids is 4. The zero-order valence-electron chi connectivity index (χ0n) is 63.7. The Morgan fingerprint density at radius 2 is 0.520 bits per heavy atom. The van der Waals surface area contributed by atoms with Crippen LogP contribution in [-0.2, 0) is 65.4 Å². The number of phosphoric acid groups is 2. The highest BCUT2D eigenvalue weighted by atomic mass is 31.2. The summed E-state index contributed by atoms with van der Waals surface area (Å²) in [5.74, 6) is -2.31. The standard InChI is InChI=1S/C83H140O17P2/c1-5-9-13-17-21-25-29-33-36-38-41-44-47-51-55-59-63-67-80(85)93-73-78(99-82(87)69-65-61-57-53-49-43-32-28-24-20-16-12-8-4)75-97-101(89,90)95-71-77(84)72-96-102(91,92)98-76-79(100-83(88)70-66-62-58-54-50-46-40-35-31-27-23-19-15-11-7-3)74-94-81(86)68-64-60-56-52-48-45-42-39-37-34-30-26-22-18-14-10-6-2/h9-10,13-14,21-22,25-26,28,32-34,36-37,41-42,44-45,51-52,55-56,77-79,84H,5-8,11-12,15-20,23-24,27,29-31,35,38-40,43,46-50,53-54,57-76H2,1-4H3,(H,89,90)(H,91,92)/b13-9-,14-10-,25-21-,26-22-,32-28-,36-33-,37-34-,44-41-,45-42-,55-51-,56-52-. The van der Waals surface area contributed by atoms with Gasteiger partial charge in [0, 0.05) is 25.7 Å². The summed E-state index contributed by atoms with van der Waals surface area (Å²) >= 11 is 0.